The summed E-state index contributed by atoms with van der Waals surface area (Å²) in [5.74, 6) is 0. The van der Waals surface area contributed by atoms with Crippen LogP contribution in [0.4, 0.5) is 17.1 Å². The number of hydrogen-bond donors (Lipinski definition) is 0. The molecule has 0 saturated carbocycles. The van der Waals surface area contributed by atoms with E-state index < -0.39 is 0 Å². The Morgan fingerprint density at radius 2 is 0.800 bits per heavy atom. The van der Waals surface area contributed by atoms with Crippen molar-refractivity contribution in [3.63, 3.8) is 0 Å². The van der Waals surface area contributed by atoms with Gasteiger partial charge in [0.15, 0.2) is 0 Å². The number of para-hydroxylation sites is 2. The molecule has 11 rings (SSSR count). The number of rotatable bonds is 6. The van der Waals surface area contributed by atoms with Crippen molar-refractivity contribution in [2.75, 3.05) is 4.90 Å². The Morgan fingerprint density at radius 1 is 0.309 bits per heavy atom. The summed E-state index contributed by atoms with van der Waals surface area (Å²) in [7, 11) is 0. The van der Waals surface area contributed by atoms with E-state index in [2.05, 4.69) is 187 Å². The van der Waals surface area contributed by atoms with Gasteiger partial charge >= 0.3 is 0 Å². The summed E-state index contributed by atoms with van der Waals surface area (Å²) in [5, 5.41) is 6.91. The van der Waals surface area contributed by atoms with Crippen LogP contribution >= 0.6 is 0 Å². The van der Waals surface area contributed by atoms with Crippen LogP contribution in [0, 0.1) is 0 Å². The first-order valence-corrected chi connectivity index (χ1v) is 18.7. The standard InChI is InChI=1S/C52H33NO2/c1-2-11-34(12-3-1)35-21-27-39(28-22-35)53(40-29-23-36(24-30-40)42-17-10-20-48-51(42)44-15-6-8-18-46(44)54-48)41-31-25-37(26-32-41)50-43-14-5-4-13-38(43)33-49-52(50)45-16-7-9-19-47(45)55-49/h1-33H. The predicted octanol–water partition coefficient (Wildman–Crippen LogP) is 15.1. The average molecular weight is 704 g/mol. The van der Waals surface area contributed by atoms with E-state index in [1.807, 2.05) is 18.2 Å². The molecule has 0 N–H and O–H groups in total. The minimum absolute atomic E-state index is 0.898. The van der Waals surface area contributed by atoms with Gasteiger partial charge in [-0.15, -0.1) is 0 Å². The normalized spacial score (nSPS) is 11.6. The number of benzene rings is 9. The van der Waals surface area contributed by atoms with Crippen LogP contribution < -0.4 is 4.90 Å². The Kier molecular flexibility index (Phi) is 7.17. The minimum atomic E-state index is 0.898. The lowest BCUT2D eigenvalue weighted by Crippen LogP contribution is -2.09. The van der Waals surface area contributed by atoms with Crippen LogP contribution in [0.1, 0.15) is 0 Å². The zero-order valence-electron chi connectivity index (χ0n) is 29.8. The van der Waals surface area contributed by atoms with Gasteiger partial charge in [0, 0.05) is 44.2 Å². The SMILES string of the molecule is c1ccc(-c2ccc(N(c3ccc(-c4cccc5oc6ccccc6c45)cc3)c3ccc(-c4c5ccccc5cc5oc6ccccc6c45)cc3)cc2)cc1. The summed E-state index contributed by atoms with van der Waals surface area (Å²) >= 11 is 0. The molecule has 0 bridgehead atoms. The monoisotopic (exact) mass is 703 g/mol. The summed E-state index contributed by atoms with van der Waals surface area (Å²) in [6.07, 6.45) is 0. The average Bonchev–Trinajstić information content (AvgIpc) is 3.82. The maximum atomic E-state index is 6.41. The second-order valence-electron chi connectivity index (χ2n) is 14.1. The highest BCUT2D eigenvalue weighted by molar-refractivity contribution is 6.20. The third kappa shape index (κ3) is 5.20. The number of furan rings is 2. The van der Waals surface area contributed by atoms with E-state index in [1.54, 1.807) is 0 Å². The summed E-state index contributed by atoms with van der Waals surface area (Å²) in [6.45, 7) is 0. The first-order valence-electron chi connectivity index (χ1n) is 18.7. The fourth-order valence-corrected chi connectivity index (χ4v) is 8.31. The highest BCUT2D eigenvalue weighted by Crippen LogP contribution is 2.44. The molecule has 9 aromatic carbocycles. The molecule has 11 aromatic rings. The maximum Gasteiger partial charge on any atom is 0.136 e. The molecule has 0 aliphatic carbocycles. The third-order valence-corrected chi connectivity index (χ3v) is 10.9. The molecule has 0 unspecified atom stereocenters. The van der Waals surface area contributed by atoms with Crippen LogP contribution in [0.25, 0.3) is 88.0 Å². The molecular formula is C52H33NO2. The maximum absolute atomic E-state index is 6.41. The number of fused-ring (bicyclic) bond motifs is 7. The van der Waals surface area contributed by atoms with Gasteiger partial charge in [-0.05, 0) is 99.3 Å². The topological polar surface area (TPSA) is 29.5 Å². The molecule has 0 aliphatic heterocycles. The second kappa shape index (κ2) is 12.6. The first kappa shape index (κ1) is 31.2. The lowest BCUT2D eigenvalue weighted by molar-refractivity contribution is 0.669. The number of nitrogens with zero attached hydrogens (tertiary/aromatic N) is 1. The van der Waals surface area contributed by atoms with E-state index in [1.165, 1.54) is 22.1 Å². The molecule has 0 amide bonds. The Balaban J connectivity index is 1.04. The van der Waals surface area contributed by atoms with Crippen molar-refractivity contribution < 1.29 is 8.83 Å². The van der Waals surface area contributed by atoms with Crippen LogP contribution in [-0.2, 0) is 0 Å². The van der Waals surface area contributed by atoms with Gasteiger partial charge in [-0.2, -0.15) is 0 Å². The van der Waals surface area contributed by atoms with Gasteiger partial charge in [-0.1, -0.05) is 140 Å². The van der Waals surface area contributed by atoms with Crippen molar-refractivity contribution in [2.45, 2.75) is 0 Å². The molecule has 0 atom stereocenters. The van der Waals surface area contributed by atoms with Crippen LogP contribution in [0.3, 0.4) is 0 Å². The number of hydrogen-bond acceptors (Lipinski definition) is 3. The highest BCUT2D eigenvalue weighted by atomic mass is 16.3. The van der Waals surface area contributed by atoms with E-state index >= 15 is 0 Å². The summed E-state index contributed by atoms with van der Waals surface area (Å²) < 4.78 is 12.6. The van der Waals surface area contributed by atoms with E-state index in [0.29, 0.717) is 0 Å². The van der Waals surface area contributed by atoms with E-state index in [4.69, 9.17) is 8.83 Å². The molecule has 2 aromatic heterocycles. The smallest absolute Gasteiger partial charge is 0.136 e. The van der Waals surface area contributed by atoms with Crippen LogP contribution in [-0.4, -0.2) is 0 Å². The lowest BCUT2D eigenvalue weighted by Gasteiger charge is -2.26. The molecule has 0 radical (unpaired) electrons. The second-order valence-corrected chi connectivity index (χ2v) is 14.1. The Labute approximate surface area is 317 Å². The summed E-state index contributed by atoms with van der Waals surface area (Å²) in [6, 6.07) is 71.0. The molecule has 0 spiro atoms. The van der Waals surface area contributed by atoms with Crippen molar-refractivity contribution in [1.82, 2.24) is 0 Å². The van der Waals surface area contributed by atoms with Crippen LogP contribution in [0.15, 0.2) is 209 Å². The van der Waals surface area contributed by atoms with Crippen LogP contribution in [0.2, 0.25) is 0 Å². The molecule has 2 heterocycles. The Bertz CT molecular complexity index is 3170. The minimum Gasteiger partial charge on any atom is -0.456 e. The fourth-order valence-electron chi connectivity index (χ4n) is 8.31. The lowest BCUT2D eigenvalue weighted by atomic mass is 9.93. The van der Waals surface area contributed by atoms with Gasteiger partial charge in [0.1, 0.15) is 22.3 Å². The summed E-state index contributed by atoms with van der Waals surface area (Å²) in [4.78, 5) is 2.34. The van der Waals surface area contributed by atoms with Gasteiger partial charge in [-0.25, -0.2) is 0 Å². The van der Waals surface area contributed by atoms with Gasteiger partial charge in [0.05, 0.1) is 0 Å². The van der Waals surface area contributed by atoms with Gasteiger partial charge in [0.25, 0.3) is 0 Å². The van der Waals surface area contributed by atoms with Crippen molar-refractivity contribution in [3.8, 4) is 33.4 Å². The van der Waals surface area contributed by atoms with Crippen molar-refractivity contribution in [3.05, 3.63) is 200 Å². The van der Waals surface area contributed by atoms with Gasteiger partial charge in [0.2, 0.25) is 0 Å². The Hall–Kier alpha value is -7.36. The third-order valence-electron chi connectivity index (χ3n) is 10.9. The highest BCUT2D eigenvalue weighted by Gasteiger charge is 2.19. The first-order chi connectivity index (χ1) is 27.3. The zero-order chi connectivity index (χ0) is 36.3. The van der Waals surface area contributed by atoms with Gasteiger partial charge < -0.3 is 13.7 Å². The van der Waals surface area contributed by atoms with Crippen molar-refractivity contribution >= 4 is 71.7 Å². The quantitative estimate of drug-likeness (QED) is 0.173. The molecule has 3 heteroatoms. The van der Waals surface area contributed by atoms with Crippen molar-refractivity contribution in [2.24, 2.45) is 0 Å². The van der Waals surface area contributed by atoms with E-state index in [-0.39, 0.29) is 0 Å². The Morgan fingerprint density at radius 3 is 1.47 bits per heavy atom. The molecule has 3 nitrogen and oxygen atoms in total. The molecule has 0 aliphatic rings. The zero-order valence-corrected chi connectivity index (χ0v) is 29.8. The molecular weight excluding hydrogens is 671 g/mol. The molecule has 0 saturated heterocycles. The van der Waals surface area contributed by atoms with Crippen molar-refractivity contribution in [1.29, 1.82) is 0 Å². The molecule has 0 fully saturated rings. The number of anilines is 3. The van der Waals surface area contributed by atoms with Gasteiger partial charge in [-0.3, -0.25) is 0 Å². The van der Waals surface area contributed by atoms with Crippen LogP contribution in [0.5, 0.6) is 0 Å². The van der Waals surface area contributed by atoms with E-state index in [0.717, 1.165) is 83.0 Å². The van der Waals surface area contributed by atoms with E-state index in [9.17, 15) is 0 Å². The largest absolute Gasteiger partial charge is 0.456 e. The fraction of sp³-hybridized carbons (Fsp3) is 0. The predicted molar refractivity (Wildman–Crippen MR) is 229 cm³/mol. The summed E-state index contributed by atoms with van der Waals surface area (Å²) in [5.41, 5.74) is 13.8. The molecule has 55 heavy (non-hydrogen) atoms. The molecule has 258 valence electrons.